The molecule has 0 aromatic carbocycles. The number of aliphatic hydroxyl groups is 1. The number of nitrogens with one attached hydrogen (secondary N) is 2. The van der Waals surface area contributed by atoms with Gasteiger partial charge < -0.3 is 39.1 Å². The van der Waals surface area contributed by atoms with Crippen molar-refractivity contribution in [1.29, 1.82) is 0 Å². The number of carbonyl (C=O) groups excluding carboxylic acids is 3. The largest absolute Gasteiger partial charge is 0.456 e. The van der Waals surface area contributed by atoms with E-state index in [4.69, 9.17) is 23.7 Å². The highest BCUT2D eigenvalue weighted by Crippen LogP contribution is 2.61. The van der Waals surface area contributed by atoms with Gasteiger partial charge in [-0.25, -0.2) is 14.4 Å². The van der Waals surface area contributed by atoms with E-state index in [-0.39, 0.29) is 30.1 Å². The Hall–Kier alpha value is -3.15. The van der Waals surface area contributed by atoms with Crippen LogP contribution in [0.3, 0.4) is 0 Å². The Kier molecular flexibility index (Phi) is 9.06. The second-order valence-corrected chi connectivity index (χ2v) is 12.4. The van der Waals surface area contributed by atoms with Crippen LogP contribution in [-0.2, 0) is 28.5 Å². The zero-order valence-electron chi connectivity index (χ0n) is 25.6. The number of aromatic nitrogens is 1. The highest BCUT2D eigenvalue weighted by molar-refractivity contribution is 5.87. The van der Waals surface area contributed by atoms with E-state index in [1.807, 2.05) is 45.9 Å². The molecule has 3 heterocycles. The summed E-state index contributed by atoms with van der Waals surface area (Å²) in [6, 6.07) is 3.37. The Bertz CT molecular complexity index is 1250. The summed E-state index contributed by atoms with van der Waals surface area (Å²) in [6.45, 7) is 9.86. The minimum atomic E-state index is -0.985. The summed E-state index contributed by atoms with van der Waals surface area (Å²) >= 11 is 0. The number of methoxy groups -OCH3 is 1. The number of ether oxygens (including phenoxy) is 5. The number of H-pyrrole nitrogens is 1. The van der Waals surface area contributed by atoms with Crippen LogP contribution in [0.4, 0.5) is 4.79 Å². The molecule has 1 spiro atoms. The summed E-state index contributed by atoms with van der Waals surface area (Å²) in [5.41, 5.74) is 0.211. The van der Waals surface area contributed by atoms with Crippen LogP contribution in [0.1, 0.15) is 57.9 Å². The third-order valence-corrected chi connectivity index (χ3v) is 9.74. The second-order valence-electron chi connectivity index (χ2n) is 12.4. The topological polar surface area (TPSA) is 145 Å². The first kappa shape index (κ1) is 31.3. The smallest absolute Gasteiger partial charge is 0.407 e. The maximum atomic E-state index is 13.5. The molecular formula is C32H44N2O9. The fourth-order valence-electron chi connectivity index (χ4n) is 7.63. The van der Waals surface area contributed by atoms with Crippen molar-refractivity contribution in [2.75, 3.05) is 13.7 Å². The van der Waals surface area contributed by atoms with Crippen molar-refractivity contribution < 1.29 is 43.2 Å². The van der Waals surface area contributed by atoms with Crippen LogP contribution in [0.5, 0.6) is 0 Å². The van der Waals surface area contributed by atoms with Crippen LogP contribution in [-0.4, -0.2) is 84.0 Å². The average molecular weight is 601 g/mol. The van der Waals surface area contributed by atoms with Crippen LogP contribution in [0.15, 0.2) is 42.1 Å². The molecule has 4 aliphatic rings. The van der Waals surface area contributed by atoms with E-state index >= 15 is 0 Å². The molecule has 4 bridgehead atoms. The number of carbonyl (C=O) groups is 3. The number of amides is 1. The van der Waals surface area contributed by atoms with Gasteiger partial charge in [-0.3, -0.25) is 0 Å². The van der Waals surface area contributed by atoms with Crippen LogP contribution < -0.4 is 5.32 Å². The highest BCUT2D eigenvalue weighted by atomic mass is 16.6. The maximum absolute atomic E-state index is 13.5. The van der Waals surface area contributed by atoms with E-state index in [0.29, 0.717) is 12.2 Å². The molecule has 1 saturated carbocycles. The first-order valence-electron chi connectivity index (χ1n) is 15.3. The van der Waals surface area contributed by atoms with E-state index in [2.05, 4.69) is 10.3 Å². The lowest BCUT2D eigenvalue weighted by molar-refractivity contribution is -0.172. The van der Waals surface area contributed by atoms with Gasteiger partial charge in [0.1, 0.15) is 35.7 Å². The number of esters is 2. The lowest BCUT2D eigenvalue weighted by atomic mass is 9.57. The van der Waals surface area contributed by atoms with E-state index in [1.54, 1.807) is 25.3 Å². The lowest BCUT2D eigenvalue weighted by Crippen LogP contribution is -2.57. The minimum absolute atomic E-state index is 0.209. The third-order valence-electron chi connectivity index (χ3n) is 9.74. The van der Waals surface area contributed by atoms with Gasteiger partial charge in [0.2, 0.25) is 0 Å². The predicted octanol–water partition coefficient (Wildman–Crippen LogP) is 3.54. The fraction of sp³-hybridized carbons (Fsp3) is 0.656. The molecule has 3 N–H and O–H groups in total. The Morgan fingerprint density at radius 2 is 2.05 bits per heavy atom. The van der Waals surface area contributed by atoms with E-state index in [9.17, 15) is 19.5 Å². The maximum Gasteiger partial charge on any atom is 0.407 e. The molecular weight excluding hydrogens is 556 g/mol. The van der Waals surface area contributed by atoms with Gasteiger partial charge in [-0.1, -0.05) is 39.0 Å². The Balaban J connectivity index is 1.51. The SMILES string of the molecule is CCCNC(=O)O[C@H](C)[C@H]1OC(=O)[C@@H](OC)C[C@H]2C=C[C@H]3[C@H]4O[C@]2(/C(C)=C/[C@H]1C)[C@@H]3[C@H](O)[C@@H](C)[C@H]4OC(=O)c1ccc[nH]1. The number of rotatable bonds is 7. The van der Waals surface area contributed by atoms with Gasteiger partial charge >= 0.3 is 18.0 Å². The summed E-state index contributed by atoms with van der Waals surface area (Å²) in [5, 5.41) is 14.5. The number of hydrogen-bond donors (Lipinski definition) is 3. The van der Waals surface area contributed by atoms with Crippen molar-refractivity contribution >= 4 is 18.0 Å². The zero-order chi connectivity index (χ0) is 31.1. The monoisotopic (exact) mass is 600 g/mol. The standard InChI is InChI=1S/C32H44N2O9/c1-7-12-34-31(38)40-19(5)26-16(2)14-17(3)32-20(15-23(39-6)30(37)41-26)10-11-21-24(32)25(35)18(4)27(28(21)43-32)42-29(36)22-9-8-13-33-22/h8-11,13-14,16,18-21,23-28,33,35H,7,12,15H2,1-6H3,(H,34,38)/b17-14+/t16-,18-,19-,20-,21-,23+,24+,25-,26+,27-,28-,32+/m1/s1. The molecule has 0 unspecified atom stereocenters. The average Bonchev–Trinajstić information content (AvgIpc) is 3.58. The van der Waals surface area contributed by atoms with Crippen molar-refractivity contribution in [2.45, 2.75) is 89.7 Å². The molecule has 2 aliphatic carbocycles. The van der Waals surface area contributed by atoms with Crippen molar-refractivity contribution in [3.05, 3.63) is 47.8 Å². The molecule has 1 amide bonds. The third kappa shape index (κ3) is 5.51. The zero-order valence-corrected chi connectivity index (χ0v) is 25.6. The fourth-order valence-corrected chi connectivity index (χ4v) is 7.63. The van der Waals surface area contributed by atoms with E-state index in [1.165, 1.54) is 7.11 Å². The van der Waals surface area contributed by atoms with Crippen LogP contribution >= 0.6 is 0 Å². The molecule has 11 nitrogen and oxygen atoms in total. The van der Waals surface area contributed by atoms with E-state index < -0.39 is 66.2 Å². The first-order valence-corrected chi connectivity index (χ1v) is 15.3. The van der Waals surface area contributed by atoms with Gasteiger partial charge in [0.15, 0.2) is 6.10 Å². The molecule has 2 aliphatic heterocycles. The lowest BCUT2D eigenvalue weighted by Gasteiger charge is -2.48. The van der Waals surface area contributed by atoms with Crippen LogP contribution in [0, 0.1) is 29.6 Å². The summed E-state index contributed by atoms with van der Waals surface area (Å²) < 4.78 is 30.2. The van der Waals surface area contributed by atoms with Gasteiger partial charge in [-0.15, -0.1) is 0 Å². The molecule has 0 radical (unpaired) electrons. The highest BCUT2D eigenvalue weighted by Gasteiger charge is 2.69. The first-order chi connectivity index (χ1) is 20.5. The van der Waals surface area contributed by atoms with Crippen molar-refractivity contribution in [3.63, 3.8) is 0 Å². The number of aromatic amines is 1. The number of hydrogen-bond acceptors (Lipinski definition) is 9. The van der Waals surface area contributed by atoms with Crippen LogP contribution in [0.25, 0.3) is 0 Å². The van der Waals surface area contributed by atoms with Gasteiger partial charge in [-0.05, 0) is 44.4 Å². The number of cyclic esters (lactones) is 1. The summed E-state index contributed by atoms with van der Waals surface area (Å²) in [5.74, 6) is -2.73. The van der Waals surface area contributed by atoms with Gasteiger partial charge in [0.25, 0.3) is 0 Å². The Labute approximate surface area is 252 Å². The van der Waals surface area contributed by atoms with Gasteiger partial charge in [-0.2, -0.15) is 0 Å². The van der Waals surface area contributed by atoms with Crippen molar-refractivity contribution in [1.82, 2.24) is 10.3 Å². The van der Waals surface area contributed by atoms with Crippen LogP contribution in [0.2, 0.25) is 0 Å². The van der Waals surface area contributed by atoms with Crippen molar-refractivity contribution in [2.24, 2.45) is 29.6 Å². The summed E-state index contributed by atoms with van der Waals surface area (Å²) in [6.07, 6.45) is 3.62. The Morgan fingerprint density at radius 3 is 2.72 bits per heavy atom. The molecule has 1 aromatic rings. The molecule has 5 rings (SSSR count). The summed E-state index contributed by atoms with van der Waals surface area (Å²) in [4.78, 5) is 41.7. The molecule has 11 heteroatoms. The van der Waals surface area contributed by atoms with E-state index in [0.717, 1.165) is 12.0 Å². The molecule has 12 atom stereocenters. The predicted molar refractivity (Wildman–Crippen MR) is 155 cm³/mol. The minimum Gasteiger partial charge on any atom is -0.456 e. The quantitative estimate of drug-likeness (QED) is 0.243. The molecule has 1 aromatic heterocycles. The van der Waals surface area contributed by atoms with Gasteiger partial charge in [0, 0.05) is 49.4 Å². The van der Waals surface area contributed by atoms with Gasteiger partial charge in [0.05, 0.1) is 6.10 Å². The molecule has 2 fully saturated rings. The molecule has 43 heavy (non-hydrogen) atoms. The number of alkyl carbamates (subject to hydrolysis) is 1. The van der Waals surface area contributed by atoms with Crippen molar-refractivity contribution in [3.8, 4) is 0 Å². The second kappa shape index (κ2) is 12.5. The Morgan fingerprint density at radius 1 is 1.28 bits per heavy atom. The molecule has 236 valence electrons. The summed E-state index contributed by atoms with van der Waals surface area (Å²) in [7, 11) is 1.46. The number of aliphatic hydroxyl groups excluding tert-OH is 1. The normalized spacial score (nSPS) is 40.3. The molecule has 1 saturated heterocycles.